The van der Waals surface area contributed by atoms with Crippen LogP contribution in [-0.4, -0.2) is 24.0 Å². The maximum absolute atomic E-state index is 9.16. The van der Waals surface area contributed by atoms with Gasteiger partial charge in [-0.25, -0.2) is 0 Å². The van der Waals surface area contributed by atoms with Gasteiger partial charge in [-0.1, -0.05) is 19.8 Å². The van der Waals surface area contributed by atoms with E-state index in [9.17, 15) is 0 Å². The van der Waals surface area contributed by atoms with Gasteiger partial charge in [0.15, 0.2) is 0 Å². The van der Waals surface area contributed by atoms with E-state index in [2.05, 4.69) is 17.9 Å². The van der Waals surface area contributed by atoms with Crippen LogP contribution in [0.25, 0.3) is 0 Å². The SMILES string of the molecule is CCC1CCCN(C2CCCC2C#N)CC1. The van der Waals surface area contributed by atoms with Gasteiger partial charge in [0.1, 0.15) is 0 Å². The summed E-state index contributed by atoms with van der Waals surface area (Å²) in [6.07, 6.45) is 9.08. The molecule has 2 fully saturated rings. The van der Waals surface area contributed by atoms with Crippen LogP contribution in [0.5, 0.6) is 0 Å². The van der Waals surface area contributed by atoms with Crippen molar-refractivity contribution in [3.8, 4) is 6.07 Å². The first-order chi connectivity index (χ1) is 7.85. The van der Waals surface area contributed by atoms with E-state index in [-0.39, 0.29) is 0 Å². The van der Waals surface area contributed by atoms with Crippen LogP contribution in [0.2, 0.25) is 0 Å². The molecule has 1 saturated carbocycles. The zero-order valence-corrected chi connectivity index (χ0v) is 10.5. The van der Waals surface area contributed by atoms with Crippen LogP contribution in [-0.2, 0) is 0 Å². The van der Waals surface area contributed by atoms with Gasteiger partial charge in [-0.15, -0.1) is 0 Å². The Balaban J connectivity index is 1.92. The highest BCUT2D eigenvalue weighted by Gasteiger charge is 2.32. The van der Waals surface area contributed by atoms with Gasteiger partial charge in [0, 0.05) is 6.04 Å². The van der Waals surface area contributed by atoms with Gasteiger partial charge in [0.05, 0.1) is 12.0 Å². The summed E-state index contributed by atoms with van der Waals surface area (Å²) in [5, 5.41) is 9.16. The molecule has 0 aromatic carbocycles. The predicted molar refractivity (Wildman–Crippen MR) is 65.9 cm³/mol. The summed E-state index contributed by atoms with van der Waals surface area (Å²) in [6, 6.07) is 3.10. The van der Waals surface area contributed by atoms with Gasteiger partial charge >= 0.3 is 0 Å². The second-order valence-electron chi connectivity index (χ2n) is 5.47. The fourth-order valence-electron chi connectivity index (χ4n) is 3.46. The van der Waals surface area contributed by atoms with E-state index >= 15 is 0 Å². The molecule has 2 rings (SSSR count). The molecule has 1 heterocycles. The lowest BCUT2D eigenvalue weighted by molar-refractivity contribution is 0.182. The van der Waals surface area contributed by atoms with Crippen molar-refractivity contribution in [1.82, 2.24) is 4.90 Å². The van der Waals surface area contributed by atoms with E-state index in [0.29, 0.717) is 12.0 Å². The third-order valence-electron chi connectivity index (χ3n) is 4.57. The molecule has 0 aromatic heterocycles. The molecular formula is C14H24N2. The third-order valence-corrected chi connectivity index (χ3v) is 4.57. The van der Waals surface area contributed by atoms with E-state index < -0.39 is 0 Å². The lowest BCUT2D eigenvalue weighted by Gasteiger charge is -2.29. The Labute approximate surface area is 99.6 Å². The Kier molecular flexibility index (Phi) is 4.23. The topological polar surface area (TPSA) is 27.0 Å². The van der Waals surface area contributed by atoms with Crippen molar-refractivity contribution < 1.29 is 0 Å². The van der Waals surface area contributed by atoms with Crippen LogP contribution in [0.1, 0.15) is 51.9 Å². The molecule has 0 N–H and O–H groups in total. The number of hydrogen-bond acceptors (Lipinski definition) is 2. The molecule has 1 aliphatic carbocycles. The molecular weight excluding hydrogens is 196 g/mol. The summed E-state index contributed by atoms with van der Waals surface area (Å²) in [5.74, 6) is 1.25. The van der Waals surface area contributed by atoms with Gasteiger partial charge in [-0.2, -0.15) is 5.26 Å². The van der Waals surface area contributed by atoms with E-state index in [1.54, 1.807) is 0 Å². The van der Waals surface area contributed by atoms with E-state index in [1.165, 1.54) is 51.6 Å². The Morgan fingerprint density at radius 3 is 2.75 bits per heavy atom. The second kappa shape index (κ2) is 5.68. The van der Waals surface area contributed by atoms with Crippen LogP contribution in [0.15, 0.2) is 0 Å². The maximum Gasteiger partial charge on any atom is 0.0672 e. The maximum atomic E-state index is 9.16. The average Bonchev–Trinajstić information content (AvgIpc) is 2.66. The molecule has 1 aliphatic heterocycles. The monoisotopic (exact) mass is 220 g/mol. The zero-order chi connectivity index (χ0) is 11.4. The zero-order valence-electron chi connectivity index (χ0n) is 10.5. The molecule has 0 spiro atoms. The number of rotatable bonds is 2. The Hall–Kier alpha value is -0.550. The van der Waals surface area contributed by atoms with Crippen molar-refractivity contribution >= 4 is 0 Å². The van der Waals surface area contributed by atoms with Crippen molar-refractivity contribution in [2.75, 3.05) is 13.1 Å². The first-order valence-corrected chi connectivity index (χ1v) is 6.98. The lowest BCUT2D eigenvalue weighted by Crippen LogP contribution is -2.38. The van der Waals surface area contributed by atoms with Crippen molar-refractivity contribution in [3.05, 3.63) is 0 Å². The molecule has 3 unspecified atom stereocenters. The molecule has 3 atom stereocenters. The quantitative estimate of drug-likeness (QED) is 0.714. The van der Waals surface area contributed by atoms with Crippen molar-refractivity contribution in [2.24, 2.45) is 11.8 Å². The lowest BCUT2D eigenvalue weighted by atomic mass is 9.98. The summed E-state index contributed by atoms with van der Waals surface area (Å²) in [7, 11) is 0. The molecule has 16 heavy (non-hydrogen) atoms. The smallest absolute Gasteiger partial charge is 0.0672 e. The molecule has 1 saturated heterocycles. The fraction of sp³-hybridized carbons (Fsp3) is 0.929. The fourth-order valence-corrected chi connectivity index (χ4v) is 3.46. The highest BCUT2D eigenvalue weighted by molar-refractivity contribution is 4.97. The minimum Gasteiger partial charge on any atom is -0.299 e. The number of nitrogens with zero attached hydrogens (tertiary/aromatic N) is 2. The van der Waals surface area contributed by atoms with Crippen molar-refractivity contribution in [1.29, 1.82) is 5.26 Å². The molecule has 2 aliphatic rings. The predicted octanol–water partition coefficient (Wildman–Crippen LogP) is 3.19. The molecule has 2 heteroatoms. The summed E-state index contributed by atoms with van der Waals surface area (Å²) in [5.41, 5.74) is 0. The van der Waals surface area contributed by atoms with Crippen molar-refractivity contribution in [2.45, 2.75) is 57.9 Å². The van der Waals surface area contributed by atoms with Crippen molar-refractivity contribution in [3.63, 3.8) is 0 Å². The van der Waals surface area contributed by atoms with Gasteiger partial charge in [-0.3, -0.25) is 4.90 Å². The van der Waals surface area contributed by atoms with Crippen LogP contribution >= 0.6 is 0 Å². The Morgan fingerprint density at radius 2 is 2.00 bits per heavy atom. The average molecular weight is 220 g/mol. The second-order valence-corrected chi connectivity index (χ2v) is 5.47. The normalized spacial score (nSPS) is 36.9. The standard InChI is InChI=1S/C14H24N2/c1-2-12-5-4-9-16(10-8-12)14-7-3-6-13(14)11-15/h12-14H,2-10H2,1H3. The summed E-state index contributed by atoms with van der Waals surface area (Å²) >= 11 is 0. The number of hydrogen-bond donors (Lipinski definition) is 0. The summed E-state index contributed by atoms with van der Waals surface area (Å²) < 4.78 is 0. The van der Waals surface area contributed by atoms with E-state index in [0.717, 1.165) is 12.3 Å². The molecule has 2 nitrogen and oxygen atoms in total. The molecule has 0 amide bonds. The third kappa shape index (κ3) is 2.58. The van der Waals surface area contributed by atoms with Crippen LogP contribution in [0.3, 0.4) is 0 Å². The summed E-state index contributed by atoms with van der Waals surface area (Å²) in [4.78, 5) is 2.62. The Morgan fingerprint density at radius 1 is 1.12 bits per heavy atom. The molecule has 90 valence electrons. The van der Waals surface area contributed by atoms with Gasteiger partial charge in [-0.05, 0) is 51.1 Å². The Bertz CT molecular complexity index is 256. The molecule has 0 bridgehead atoms. The highest BCUT2D eigenvalue weighted by atomic mass is 15.2. The largest absolute Gasteiger partial charge is 0.299 e. The minimum atomic E-state index is 0.318. The summed E-state index contributed by atoms with van der Waals surface area (Å²) in [6.45, 7) is 4.79. The highest BCUT2D eigenvalue weighted by Crippen LogP contribution is 2.32. The number of likely N-dealkylation sites (tertiary alicyclic amines) is 1. The van der Waals surface area contributed by atoms with Gasteiger partial charge < -0.3 is 0 Å². The molecule has 0 radical (unpaired) electrons. The molecule has 0 aromatic rings. The van der Waals surface area contributed by atoms with Gasteiger partial charge in [0.2, 0.25) is 0 Å². The minimum absolute atomic E-state index is 0.318. The first-order valence-electron chi connectivity index (χ1n) is 6.98. The van der Waals surface area contributed by atoms with Crippen LogP contribution in [0.4, 0.5) is 0 Å². The van der Waals surface area contributed by atoms with Crippen LogP contribution in [0, 0.1) is 23.2 Å². The number of nitriles is 1. The first kappa shape index (κ1) is 11.9. The van der Waals surface area contributed by atoms with E-state index in [4.69, 9.17) is 5.26 Å². The van der Waals surface area contributed by atoms with E-state index in [1.807, 2.05) is 0 Å². The van der Waals surface area contributed by atoms with Gasteiger partial charge in [0.25, 0.3) is 0 Å². The van der Waals surface area contributed by atoms with Crippen LogP contribution < -0.4 is 0 Å².